The van der Waals surface area contributed by atoms with E-state index < -0.39 is 0 Å². The van der Waals surface area contributed by atoms with Crippen LogP contribution in [-0.4, -0.2) is 31.1 Å². The third-order valence-corrected chi connectivity index (χ3v) is 4.23. The first-order chi connectivity index (χ1) is 7.86. The lowest BCUT2D eigenvalue weighted by Gasteiger charge is -2.23. The number of thiophene rings is 1. The molecule has 0 unspecified atom stereocenters. The van der Waals surface area contributed by atoms with Crippen molar-refractivity contribution < 1.29 is 0 Å². The van der Waals surface area contributed by atoms with Crippen molar-refractivity contribution in [2.45, 2.75) is 38.3 Å². The Bertz CT molecular complexity index is 278. The lowest BCUT2D eigenvalue weighted by molar-refractivity contribution is 0.245. The van der Waals surface area contributed by atoms with E-state index in [1.807, 2.05) is 0 Å². The molecule has 1 N–H and O–H groups in total. The number of likely N-dealkylation sites (N-methyl/N-ethyl adjacent to an activating group) is 1. The number of rotatable bonds is 6. The van der Waals surface area contributed by atoms with Crippen molar-refractivity contribution in [1.82, 2.24) is 10.2 Å². The van der Waals surface area contributed by atoms with E-state index in [2.05, 4.69) is 34.1 Å². The minimum atomic E-state index is 0.850. The van der Waals surface area contributed by atoms with E-state index >= 15 is 0 Å². The van der Waals surface area contributed by atoms with E-state index in [0.29, 0.717) is 0 Å². The first-order valence-corrected chi connectivity index (χ1v) is 7.22. The van der Waals surface area contributed by atoms with Crippen LogP contribution in [0.1, 0.15) is 31.2 Å². The fraction of sp³-hybridized carbons (Fsp3) is 0.692. The Morgan fingerprint density at radius 2 is 2.25 bits per heavy atom. The quantitative estimate of drug-likeness (QED) is 0.767. The summed E-state index contributed by atoms with van der Waals surface area (Å²) in [5.74, 6) is 0. The summed E-state index contributed by atoms with van der Waals surface area (Å²) in [4.78, 5) is 2.52. The van der Waals surface area contributed by atoms with Crippen molar-refractivity contribution in [3.05, 3.63) is 22.4 Å². The molecule has 0 spiro atoms. The maximum absolute atomic E-state index is 3.51. The Kier molecular flexibility index (Phi) is 4.82. The van der Waals surface area contributed by atoms with Gasteiger partial charge in [-0.15, -0.1) is 0 Å². The first kappa shape index (κ1) is 12.1. The van der Waals surface area contributed by atoms with Crippen LogP contribution in [-0.2, 0) is 6.54 Å². The normalized spacial score (nSPS) is 17.4. The average molecular weight is 238 g/mol. The van der Waals surface area contributed by atoms with E-state index in [4.69, 9.17) is 0 Å². The second kappa shape index (κ2) is 6.38. The van der Waals surface area contributed by atoms with Gasteiger partial charge >= 0.3 is 0 Å². The number of hydrogen-bond donors (Lipinski definition) is 1. The Morgan fingerprint density at radius 1 is 1.44 bits per heavy atom. The fourth-order valence-electron chi connectivity index (χ4n) is 2.41. The molecule has 1 aromatic heterocycles. The van der Waals surface area contributed by atoms with Crippen LogP contribution < -0.4 is 5.32 Å². The second-order valence-corrected chi connectivity index (χ2v) is 5.51. The van der Waals surface area contributed by atoms with Gasteiger partial charge in [-0.25, -0.2) is 0 Å². The van der Waals surface area contributed by atoms with E-state index in [1.165, 1.54) is 37.8 Å². The number of nitrogens with one attached hydrogen (secondary N) is 1. The molecule has 1 aliphatic carbocycles. The minimum Gasteiger partial charge on any atom is -0.311 e. The third-order valence-electron chi connectivity index (χ3n) is 3.50. The monoisotopic (exact) mass is 238 g/mol. The minimum absolute atomic E-state index is 0.850. The molecule has 1 aromatic rings. The van der Waals surface area contributed by atoms with Crippen molar-refractivity contribution in [2.75, 3.05) is 20.1 Å². The van der Waals surface area contributed by atoms with Crippen molar-refractivity contribution in [2.24, 2.45) is 0 Å². The third kappa shape index (κ3) is 3.58. The molecular formula is C13H22N2S. The summed E-state index contributed by atoms with van der Waals surface area (Å²) in [5, 5.41) is 7.86. The van der Waals surface area contributed by atoms with E-state index in [-0.39, 0.29) is 0 Å². The molecule has 0 aliphatic heterocycles. The lowest BCUT2D eigenvalue weighted by Crippen LogP contribution is -2.35. The van der Waals surface area contributed by atoms with Gasteiger partial charge < -0.3 is 10.2 Å². The van der Waals surface area contributed by atoms with Crippen molar-refractivity contribution in [1.29, 1.82) is 0 Å². The van der Waals surface area contributed by atoms with Gasteiger partial charge in [-0.05, 0) is 42.3 Å². The highest BCUT2D eigenvalue weighted by Crippen LogP contribution is 2.21. The summed E-state index contributed by atoms with van der Waals surface area (Å²) in [7, 11) is 2.27. The van der Waals surface area contributed by atoms with E-state index in [1.54, 1.807) is 11.3 Å². The molecule has 1 aliphatic rings. The number of nitrogens with zero attached hydrogens (tertiary/aromatic N) is 1. The zero-order valence-electron chi connectivity index (χ0n) is 10.1. The van der Waals surface area contributed by atoms with Gasteiger partial charge in [0, 0.05) is 25.7 Å². The molecule has 0 bridgehead atoms. The van der Waals surface area contributed by atoms with E-state index in [9.17, 15) is 0 Å². The summed E-state index contributed by atoms with van der Waals surface area (Å²) in [6, 6.07) is 3.04. The fourth-order valence-corrected chi connectivity index (χ4v) is 3.08. The Balaban J connectivity index is 1.57. The lowest BCUT2D eigenvalue weighted by atomic mass is 10.2. The van der Waals surface area contributed by atoms with Crippen LogP contribution in [0.3, 0.4) is 0 Å². The van der Waals surface area contributed by atoms with Gasteiger partial charge in [0.05, 0.1) is 0 Å². The topological polar surface area (TPSA) is 15.3 Å². The van der Waals surface area contributed by atoms with Crippen LogP contribution in [0, 0.1) is 0 Å². The molecule has 0 aromatic carbocycles. The summed E-state index contributed by atoms with van der Waals surface area (Å²) < 4.78 is 0. The van der Waals surface area contributed by atoms with Gasteiger partial charge in [0.2, 0.25) is 0 Å². The Hall–Kier alpha value is -0.380. The average Bonchev–Trinajstić information content (AvgIpc) is 2.96. The molecule has 0 amide bonds. The summed E-state index contributed by atoms with van der Waals surface area (Å²) in [6.07, 6.45) is 5.66. The first-order valence-electron chi connectivity index (χ1n) is 6.28. The molecule has 3 heteroatoms. The van der Waals surface area contributed by atoms with Crippen LogP contribution in [0.15, 0.2) is 16.8 Å². The predicted octanol–water partition coefficient (Wildman–Crippen LogP) is 2.71. The molecule has 2 rings (SSSR count). The van der Waals surface area contributed by atoms with Gasteiger partial charge in [0.15, 0.2) is 0 Å². The molecule has 1 heterocycles. The SMILES string of the molecule is CN(CCNCc1ccsc1)C1CCCC1. The highest BCUT2D eigenvalue weighted by atomic mass is 32.1. The zero-order valence-corrected chi connectivity index (χ0v) is 10.9. The van der Waals surface area contributed by atoms with Gasteiger partial charge in [0.1, 0.15) is 0 Å². The van der Waals surface area contributed by atoms with Crippen molar-refractivity contribution >= 4 is 11.3 Å². The number of hydrogen-bond acceptors (Lipinski definition) is 3. The second-order valence-electron chi connectivity index (χ2n) is 4.73. The zero-order chi connectivity index (χ0) is 11.2. The molecule has 1 fully saturated rings. The van der Waals surface area contributed by atoms with E-state index in [0.717, 1.165) is 19.1 Å². The summed E-state index contributed by atoms with van der Waals surface area (Å²) in [6.45, 7) is 3.29. The summed E-state index contributed by atoms with van der Waals surface area (Å²) in [5.41, 5.74) is 1.41. The highest BCUT2D eigenvalue weighted by molar-refractivity contribution is 7.07. The van der Waals surface area contributed by atoms with Crippen LogP contribution >= 0.6 is 11.3 Å². The van der Waals surface area contributed by atoms with Crippen LogP contribution in [0.5, 0.6) is 0 Å². The Morgan fingerprint density at radius 3 is 2.94 bits per heavy atom. The summed E-state index contributed by atoms with van der Waals surface area (Å²) >= 11 is 1.77. The molecule has 90 valence electrons. The van der Waals surface area contributed by atoms with Crippen LogP contribution in [0.25, 0.3) is 0 Å². The molecule has 2 nitrogen and oxygen atoms in total. The van der Waals surface area contributed by atoms with Crippen molar-refractivity contribution in [3.8, 4) is 0 Å². The molecule has 0 radical (unpaired) electrons. The maximum Gasteiger partial charge on any atom is 0.0214 e. The maximum atomic E-state index is 3.51. The standard InChI is InChI=1S/C13H22N2S/c1-15(13-4-2-3-5-13)8-7-14-10-12-6-9-16-11-12/h6,9,11,13-14H,2-5,7-8,10H2,1H3. The molecule has 0 atom stereocenters. The van der Waals surface area contributed by atoms with Gasteiger partial charge in [-0.3, -0.25) is 0 Å². The predicted molar refractivity (Wildman–Crippen MR) is 70.9 cm³/mol. The highest BCUT2D eigenvalue weighted by Gasteiger charge is 2.18. The van der Waals surface area contributed by atoms with Gasteiger partial charge in [-0.1, -0.05) is 12.8 Å². The molecule has 16 heavy (non-hydrogen) atoms. The van der Waals surface area contributed by atoms with Gasteiger partial charge in [-0.2, -0.15) is 11.3 Å². The Labute approximate surface area is 103 Å². The van der Waals surface area contributed by atoms with Crippen LogP contribution in [0.2, 0.25) is 0 Å². The van der Waals surface area contributed by atoms with Crippen molar-refractivity contribution in [3.63, 3.8) is 0 Å². The molecule has 0 saturated heterocycles. The molecule has 1 saturated carbocycles. The largest absolute Gasteiger partial charge is 0.311 e. The molecular weight excluding hydrogens is 216 g/mol. The van der Waals surface area contributed by atoms with Gasteiger partial charge in [0.25, 0.3) is 0 Å². The smallest absolute Gasteiger partial charge is 0.0214 e. The van der Waals surface area contributed by atoms with Crippen LogP contribution in [0.4, 0.5) is 0 Å².